The van der Waals surface area contributed by atoms with E-state index in [1.165, 1.54) is 12.1 Å². The quantitative estimate of drug-likeness (QED) is 0.660. The van der Waals surface area contributed by atoms with Gasteiger partial charge < -0.3 is 19.2 Å². The van der Waals surface area contributed by atoms with Crippen LogP contribution in [0.25, 0.3) is 0 Å². The summed E-state index contributed by atoms with van der Waals surface area (Å²) in [5.74, 6) is 0.414. The molecule has 2 aromatic carbocycles. The van der Waals surface area contributed by atoms with E-state index < -0.39 is 0 Å². The highest BCUT2D eigenvalue weighted by molar-refractivity contribution is 6.62. The van der Waals surface area contributed by atoms with Crippen molar-refractivity contribution in [2.24, 2.45) is 0 Å². The minimum atomic E-state index is -0.386. The molecule has 136 valence electrons. The third-order valence-electron chi connectivity index (χ3n) is 5.04. The second kappa shape index (κ2) is 6.78. The number of hydrogen-bond acceptors (Lipinski definition) is 5. The van der Waals surface area contributed by atoms with Crippen LogP contribution in [0.3, 0.4) is 0 Å². The van der Waals surface area contributed by atoms with Crippen LogP contribution in [0.15, 0.2) is 42.5 Å². The summed E-state index contributed by atoms with van der Waals surface area (Å²) in [5, 5.41) is 9.69. The van der Waals surface area contributed by atoms with Gasteiger partial charge in [0, 0.05) is 6.07 Å². The molecule has 0 amide bonds. The second-order valence-corrected chi connectivity index (χ2v) is 7.46. The van der Waals surface area contributed by atoms with Crippen molar-refractivity contribution in [1.29, 1.82) is 0 Å². The van der Waals surface area contributed by atoms with E-state index in [2.05, 4.69) is 0 Å². The number of benzene rings is 2. The van der Waals surface area contributed by atoms with Gasteiger partial charge in [0.05, 0.1) is 16.8 Å². The molecule has 26 heavy (non-hydrogen) atoms. The molecule has 1 N–H and O–H groups in total. The monoisotopic (exact) mass is 354 g/mol. The molecule has 1 aliphatic rings. The zero-order chi connectivity index (χ0) is 18.9. The highest BCUT2D eigenvalue weighted by Gasteiger charge is 2.51. The molecule has 0 aliphatic carbocycles. The second-order valence-electron chi connectivity index (χ2n) is 7.46. The first-order valence-corrected chi connectivity index (χ1v) is 8.57. The molecule has 5 nitrogen and oxygen atoms in total. The van der Waals surface area contributed by atoms with Crippen LogP contribution >= 0.6 is 0 Å². The Morgan fingerprint density at radius 1 is 1.04 bits per heavy atom. The normalized spacial score (nSPS) is 17.9. The Bertz CT molecular complexity index is 782. The lowest BCUT2D eigenvalue weighted by Gasteiger charge is -2.32. The van der Waals surface area contributed by atoms with Gasteiger partial charge in [-0.1, -0.05) is 24.3 Å². The van der Waals surface area contributed by atoms with Crippen molar-refractivity contribution in [2.75, 3.05) is 0 Å². The summed E-state index contributed by atoms with van der Waals surface area (Å²) in [6.07, 6.45) is 0.605. The van der Waals surface area contributed by atoms with Gasteiger partial charge in [0.2, 0.25) is 0 Å². The van der Waals surface area contributed by atoms with E-state index in [9.17, 15) is 9.90 Å². The average molecular weight is 354 g/mol. The fourth-order valence-corrected chi connectivity index (χ4v) is 2.63. The van der Waals surface area contributed by atoms with E-state index >= 15 is 0 Å². The van der Waals surface area contributed by atoms with Crippen molar-refractivity contribution in [3.8, 4) is 11.5 Å². The van der Waals surface area contributed by atoms with Crippen LogP contribution in [0, 0.1) is 0 Å². The van der Waals surface area contributed by atoms with Crippen molar-refractivity contribution >= 4 is 18.9 Å². The number of aromatic hydroxyl groups is 1. The molecule has 1 saturated heterocycles. The molecule has 0 atom stereocenters. The first-order chi connectivity index (χ1) is 12.2. The zero-order valence-corrected chi connectivity index (χ0v) is 15.5. The first kappa shape index (κ1) is 18.5. The standard InChI is InChI=1S/C20H23BO5/c1-19(2)20(3,4)26-21(25-19)16-8-5-14(6-9-16)13-24-17-10-7-15(12-22)18(23)11-17/h5-12,23H,13H2,1-4H3. The third kappa shape index (κ3) is 3.62. The molecule has 0 unspecified atom stereocenters. The summed E-state index contributed by atoms with van der Waals surface area (Å²) >= 11 is 0. The molecule has 6 heteroatoms. The van der Waals surface area contributed by atoms with Gasteiger partial charge in [-0.25, -0.2) is 0 Å². The lowest BCUT2D eigenvalue weighted by atomic mass is 9.79. The average Bonchev–Trinajstić information content (AvgIpc) is 2.81. The van der Waals surface area contributed by atoms with Gasteiger partial charge in [-0.15, -0.1) is 0 Å². The molecule has 3 rings (SSSR count). The minimum absolute atomic E-state index is 0.0893. The Labute approximate surface area is 154 Å². The highest BCUT2D eigenvalue weighted by atomic mass is 16.7. The number of aldehydes is 1. The molecule has 0 bridgehead atoms. The van der Waals surface area contributed by atoms with Gasteiger partial charge in [0.25, 0.3) is 0 Å². The van der Waals surface area contributed by atoms with E-state index in [-0.39, 0.29) is 29.6 Å². The van der Waals surface area contributed by atoms with E-state index in [0.717, 1.165) is 11.0 Å². The topological polar surface area (TPSA) is 65.0 Å². The number of phenolic OH excluding ortho intramolecular Hbond substituents is 1. The Morgan fingerprint density at radius 3 is 2.19 bits per heavy atom. The number of carbonyl (C=O) groups is 1. The molecule has 0 spiro atoms. The third-order valence-corrected chi connectivity index (χ3v) is 5.04. The molecule has 0 saturated carbocycles. The molecule has 2 aromatic rings. The smallest absolute Gasteiger partial charge is 0.494 e. The summed E-state index contributed by atoms with van der Waals surface area (Å²) in [6.45, 7) is 8.46. The predicted octanol–water partition coefficient (Wildman–Crippen LogP) is 3.08. The van der Waals surface area contributed by atoms with E-state index in [0.29, 0.717) is 18.6 Å². The molecule has 0 aromatic heterocycles. The van der Waals surface area contributed by atoms with Crippen LogP contribution in [0.5, 0.6) is 11.5 Å². The number of hydrogen-bond donors (Lipinski definition) is 1. The largest absolute Gasteiger partial charge is 0.507 e. The van der Waals surface area contributed by atoms with E-state index in [4.69, 9.17) is 14.0 Å². The molecule has 1 aliphatic heterocycles. The summed E-state index contributed by atoms with van der Waals surface area (Å²) in [7, 11) is -0.386. The molecular weight excluding hydrogens is 331 g/mol. The Kier molecular flexibility index (Phi) is 4.82. The van der Waals surface area contributed by atoms with Crippen LogP contribution in [-0.4, -0.2) is 29.7 Å². The van der Waals surface area contributed by atoms with Crippen LogP contribution in [0.2, 0.25) is 0 Å². The van der Waals surface area contributed by atoms with Gasteiger partial charge in [-0.05, 0) is 50.9 Å². The van der Waals surface area contributed by atoms with Crippen molar-refractivity contribution in [1.82, 2.24) is 0 Å². The number of carbonyl (C=O) groups excluding carboxylic acids is 1. The van der Waals surface area contributed by atoms with Gasteiger partial charge in [-0.2, -0.15) is 0 Å². The minimum Gasteiger partial charge on any atom is -0.507 e. The maximum atomic E-state index is 10.7. The molecule has 1 fully saturated rings. The van der Waals surface area contributed by atoms with Crippen molar-refractivity contribution in [2.45, 2.75) is 45.5 Å². The lowest BCUT2D eigenvalue weighted by Crippen LogP contribution is -2.41. The van der Waals surface area contributed by atoms with E-state index in [1.54, 1.807) is 6.07 Å². The number of rotatable bonds is 5. The van der Waals surface area contributed by atoms with Crippen molar-refractivity contribution in [3.05, 3.63) is 53.6 Å². The SMILES string of the molecule is CC1(C)OB(c2ccc(COc3ccc(C=O)c(O)c3)cc2)OC1(C)C. The fourth-order valence-electron chi connectivity index (χ4n) is 2.63. The zero-order valence-electron chi connectivity index (χ0n) is 15.5. The molecule has 1 heterocycles. The maximum absolute atomic E-state index is 10.7. The van der Waals surface area contributed by atoms with E-state index in [1.807, 2.05) is 52.0 Å². The van der Waals surface area contributed by atoms with Crippen LogP contribution in [-0.2, 0) is 15.9 Å². The first-order valence-electron chi connectivity index (χ1n) is 8.57. The summed E-state index contributed by atoms with van der Waals surface area (Å²) in [5.41, 5.74) is 1.44. The maximum Gasteiger partial charge on any atom is 0.494 e. The fraction of sp³-hybridized carbons (Fsp3) is 0.350. The van der Waals surface area contributed by atoms with Crippen LogP contribution in [0.4, 0.5) is 0 Å². The lowest BCUT2D eigenvalue weighted by molar-refractivity contribution is 0.00578. The van der Waals surface area contributed by atoms with Gasteiger partial charge >= 0.3 is 7.12 Å². The Balaban J connectivity index is 1.64. The van der Waals surface area contributed by atoms with Crippen LogP contribution < -0.4 is 10.2 Å². The summed E-state index contributed by atoms with van der Waals surface area (Å²) in [6, 6.07) is 12.5. The molecule has 0 radical (unpaired) electrons. The molecular formula is C20H23BO5. The number of ether oxygens (including phenoxy) is 1. The Hall–Kier alpha value is -2.31. The number of phenols is 1. The van der Waals surface area contributed by atoms with Gasteiger partial charge in [0.15, 0.2) is 6.29 Å². The Morgan fingerprint density at radius 2 is 1.65 bits per heavy atom. The van der Waals surface area contributed by atoms with Crippen LogP contribution in [0.1, 0.15) is 43.6 Å². The summed E-state index contributed by atoms with van der Waals surface area (Å²) in [4.78, 5) is 10.7. The van der Waals surface area contributed by atoms with Gasteiger partial charge in [0.1, 0.15) is 18.1 Å². The van der Waals surface area contributed by atoms with Crippen molar-refractivity contribution in [3.63, 3.8) is 0 Å². The predicted molar refractivity (Wildman–Crippen MR) is 100.0 cm³/mol. The highest BCUT2D eigenvalue weighted by Crippen LogP contribution is 2.36. The summed E-state index contributed by atoms with van der Waals surface area (Å²) < 4.78 is 17.8. The van der Waals surface area contributed by atoms with Crippen molar-refractivity contribution < 1.29 is 23.9 Å². The van der Waals surface area contributed by atoms with Gasteiger partial charge in [-0.3, -0.25) is 4.79 Å².